The number of hydrogen-bond acceptors (Lipinski definition) is 3. The molecule has 114 valence electrons. The molecule has 3 N–H and O–H groups in total. The second kappa shape index (κ2) is 10.7. The molecule has 1 rings (SSSR count). The van der Waals surface area contributed by atoms with Crippen LogP contribution in [0.5, 0.6) is 0 Å². The highest BCUT2D eigenvalue weighted by atomic mass is 127. The minimum atomic E-state index is 0. The maximum absolute atomic E-state index is 5.81. The molecule has 0 bridgehead atoms. The van der Waals surface area contributed by atoms with Crippen LogP contribution in [0.25, 0.3) is 0 Å². The molecule has 0 aromatic rings. The van der Waals surface area contributed by atoms with Crippen molar-refractivity contribution in [3.05, 3.63) is 0 Å². The number of piperidine rings is 1. The highest BCUT2D eigenvalue weighted by Crippen LogP contribution is 2.15. The molecule has 0 radical (unpaired) electrons. The van der Waals surface area contributed by atoms with E-state index in [9.17, 15) is 0 Å². The summed E-state index contributed by atoms with van der Waals surface area (Å²) in [5, 5.41) is 3.11. The lowest BCUT2D eigenvalue weighted by molar-refractivity contribution is 0.179. The van der Waals surface area contributed by atoms with Crippen molar-refractivity contribution in [3.63, 3.8) is 0 Å². The van der Waals surface area contributed by atoms with E-state index in [1.165, 1.54) is 25.9 Å². The Labute approximate surface area is 134 Å². The van der Waals surface area contributed by atoms with Crippen LogP contribution in [0.1, 0.15) is 26.7 Å². The number of nitrogens with one attached hydrogen (secondary N) is 1. The highest BCUT2D eigenvalue weighted by Gasteiger charge is 2.14. The zero-order valence-electron chi connectivity index (χ0n) is 12.4. The molecule has 0 spiro atoms. The first kappa shape index (κ1) is 18.9. The molecule has 1 unspecified atom stereocenters. The molecule has 1 heterocycles. The van der Waals surface area contributed by atoms with Crippen LogP contribution in [-0.4, -0.2) is 56.8 Å². The van der Waals surface area contributed by atoms with Gasteiger partial charge in [-0.1, -0.05) is 6.92 Å². The molecule has 1 aliphatic rings. The van der Waals surface area contributed by atoms with Gasteiger partial charge in [0.05, 0.1) is 13.2 Å². The Morgan fingerprint density at radius 1 is 1.47 bits per heavy atom. The average molecular weight is 384 g/mol. The number of halogens is 1. The minimum absolute atomic E-state index is 0. The van der Waals surface area contributed by atoms with Gasteiger partial charge in [-0.15, -0.1) is 24.0 Å². The van der Waals surface area contributed by atoms with E-state index in [-0.39, 0.29) is 30.0 Å². The highest BCUT2D eigenvalue weighted by molar-refractivity contribution is 14.0. The fourth-order valence-corrected chi connectivity index (χ4v) is 2.19. The van der Waals surface area contributed by atoms with Crippen molar-refractivity contribution in [3.8, 4) is 0 Å². The van der Waals surface area contributed by atoms with Crippen molar-refractivity contribution in [1.29, 1.82) is 0 Å². The molecule has 0 saturated carbocycles. The van der Waals surface area contributed by atoms with Gasteiger partial charge in [0.2, 0.25) is 0 Å². The van der Waals surface area contributed by atoms with Crippen molar-refractivity contribution in [1.82, 2.24) is 10.2 Å². The van der Waals surface area contributed by atoms with Crippen molar-refractivity contribution >= 4 is 29.9 Å². The van der Waals surface area contributed by atoms with Gasteiger partial charge in [0.1, 0.15) is 0 Å². The molecule has 0 amide bonds. The van der Waals surface area contributed by atoms with Gasteiger partial charge in [-0.2, -0.15) is 0 Å². The van der Waals surface area contributed by atoms with Crippen LogP contribution >= 0.6 is 24.0 Å². The van der Waals surface area contributed by atoms with Crippen LogP contribution in [0, 0.1) is 5.92 Å². The number of aliphatic imine (C=N–C) groups is 1. The topological polar surface area (TPSA) is 62.9 Å². The third kappa shape index (κ3) is 8.65. The van der Waals surface area contributed by atoms with Crippen LogP contribution in [-0.2, 0) is 4.74 Å². The number of hydrogen-bond donors (Lipinski definition) is 2. The fourth-order valence-electron chi connectivity index (χ4n) is 2.19. The standard InChI is InChI=1S/C13H28N4O.HI/c1-11-4-7-17(8-5-11)9-6-15-13(14)16-12(2)10-18-3;/h11-12H,4-10H2,1-3H3,(H3,14,15,16);1H. The third-order valence-electron chi connectivity index (χ3n) is 3.39. The first-order chi connectivity index (χ1) is 8.61. The fraction of sp³-hybridized carbons (Fsp3) is 0.923. The summed E-state index contributed by atoms with van der Waals surface area (Å²) in [5.74, 6) is 1.40. The van der Waals surface area contributed by atoms with Gasteiger partial charge < -0.3 is 20.7 Å². The van der Waals surface area contributed by atoms with E-state index < -0.39 is 0 Å². The summed E-state index contributed by atoms with van der Waals surface area (Å²) in [6, 6.07) is 0.203. The molecule has 6 heteroatoms. The summed E-state index contributed by atoms with van der Waals surface area (Å²) in [6.45, 7) is 9.17. The first-order valence-electron chi connectivity index (χ1n) is 6.89. The number of methoxy groups -OCH3 is 1. The van der Waals surface area contributed by atoms with E-state index in [4.69, 9.17) is 10.5 Å². The molecule has 1 saturated heterocycles. The maximum atomic E-state index is 5.81. The summed E-state index contributed by atoms with van der Waals surface area (Å²) in [5.41, 5.74) is 5.81. The Morgan fingerprint density at radius 2 is 2.11 bits per heavy atom. The van der Waals surface area contributed by atoms with Crippen molar-refractivity contribution in [2.45, 2.75) is 32.7 Å². The summed E-state index contributed by atoms with van der Waals surface area (Å²) in [6.07, 6.45) is 2.62. The molecule has 1 atom stereocenters. The minimum Gasteiger partial charge on any atom is -0.383 e. The van der Waals surface area contributed by atoms with Gasteiger partial charge >= 0.3 is 0 Å². The lowest BCUT2D eigenvalue weighted by Gasteiger charge is -2.29. The van der Waals surface area contributed by atoms with Crippen molar-refractivity contribution in [2.75, 3.05) is 39.9 Å². The van der Waals surface area contributed by atoms with E-state index in [1.54, 1.807) is 7.11 Å². The molecular weight excluding hydrogens is 355 g/mol. The van der Waals surface area contributed by atoms with Gasteiger partial charge in [-0.05, 0) is 38.8 Å². The van der Waals surface area contributed by atoms with Crippen molar-refractivity contribution < 1.29 is 4.74 Å². The zero-order chi connectivity index (χ0) is 13.4. The lowest BCUT2D eigenvalue weighted by Crippen LogP contribution is -2.41. The first-order valence-corrected chi connectivity index (χ1v) is 6.89. The summed E-state index contributed by atoms with van der Waals surface area (Å²) >= 11 is 0. The molecule has 5 nitrogen and oxygen atoms in total. The van der Waals surface area contributed by atoms with Crippen LogP contribution < -0.4 is 11.1 Å². The van der Waals surface area contributed by atoms with Crippen LogP contribution in [0.3, 0.4) is 0 Å². The van der Waals surface area contributed by atoms with Crippen molar-refractivity contribution in [2.24, 2.45) is 16.6 Å². The quantitative estimate of drug-likeness (QED) is 0.412. The summed E-state index contributed by atoms with van der Waals surface area (Å²) < 4.78 is 5.03. The maximum Gasteiger partial charge on any atom is 0.188 e. The molecule has 19 heavy (non-hydrogen) atoms. The predicted octanol–water partition coefficient (Wildman–Crippen LogP) is 1.28. The SMILES string of the molecule is COCC(C)NC(N)=NCCN1CCC(C)CC1.I. The van der Waals surface area contributed by atoms with E-state index in [2.05, 4.69) is 22.1 Å². The number of rotatable bonds is 6. The molecule has 1 fully saturated rings. The van der Waals surface area contributed by atoms with Crippen LogP contribution in [0.15, 0.2) is 4.99 Å². The second-order valence-corrected chi connectivity index (χ2v) is 5.29. The Balaban J connectivity index is 0.00000324. The normalized spacial score (nSPS) is 19.8. The Hall–Kier alpha value is -0.0800. The van der Waals surface area contributed by atoms with Gasteiger partial charge in [0.25, 0.3) is 0 Å². The second-order valence-electron chi connectivity index (χ2n) is 5.29. The predicted molar refractivity (Wildman–Crippen MR) is 91.2 cm³/mol. The summed E-state index contributed by atoms with van der Waals surface area (Å²) in [7, 11) is 1.68. The number of guanidine groups is 1. The van der Waals surface area contributed by atoms with Crippen LogP contribution in [0.4, 0.5) is 0 Å². The van der Waals surface area contributed by atoms with Crippen LogP contribution in [0.2, 0.25) is 0 Å². The molecule has 0 aromatic heterocycles. The molecule has 1 aliphatic heterocycles. The monoisotopic (exact) mass is 384 g/mol. The Morgan fingerprint density at radius 3 is 2.68 bits per heavy atom. The molecular formula is C13H29IN4O. The lowest BCUT2D eigenvalue weighted by atomic mass is 9.99. The van der Waals surface area contributed by atoms with Gasteiger partial charge in [0, 0.05) is 19.7 Å². The number of ether oxygens (including phenoxy) is 1. The number of likely N-dealkylation sites (tertiary alicyclic amines) is 1. The van der Waals surface area contributed by atoms with E-state index in [1.807, 2.05) is 6.92 Å². The molecule has 0 aliphatic carbocycles. The van der Waals surface area contributed by atoms with Gasteiger partial charge in [-0.25, -0.2) is 0 Å². The van der Waals surface area contributed by atoms with E-state index in [0.717, 1.165) is 19.0 Å². The van der Waals surface area contributed by atoms with E-state index in [0.29, 0.717) is 12.6 Å². The average Bonchev–Trinajstić information content (AvgIpc) is 2.32. The third-order valence-corrected chi connectivity index (χ3v) is 3.39. The van der Waals surface area contributed by atoms with E-state index >= 15 is 0 Å². The largest absolute Gasteiger partial charge is 0.383 e. The van der Waals surface area contributed by atoms with Gasteiger partial charge in [0.15, 0.2) is 5.96 Å². The number of nitrogens with two attached hydrogens (primary N) is 1. The molecule has 0 aromatic carbocycles. The van der Waals surface area contributed by atoms with Gasteiger partial charge in [-0.3, -0.25) is 4.99 Å². The Bertz CT molecular complexity index is 255. The Kier molecular flexibility index (Phi) is 10.6. The number of nitrogens with zero attached hydrogens (tertiary/aromatic N) is 2. The zero-order valence-corrected chi connectivity index (χ0v) is 14.7. The summed E-state index contributed by atoms with van der Waals surface area (Å²) in [4.78, 5) is 6.81. The smallest absolute Gasteiger partial charge is 0.188 e.